The van der Waals surface area contributed by atoms with Crippen molar-refractivity contribution < 1.29 is 10.0 Å². The molecule has 5 nitrogen and oxygen atoms in total. The van der Waals surface area contributed by atoms with Crippen molar-refractivity contribution in [2.45, 2.75) is 0 Å². The number of rotatable bonds is 3. The number of halogens is 1. The van der Waals surface area contributed by atoms with E-state index in [9.17, 15) is 4.79 Å². The number of benzene rings is 1. The number of nitrogens with one attached hydrogen (secondary N) is 1. The molecule has 19 heavy (non-hydrogen) atoms. The van der Waals surface area contributed by atoms with E-state index in [0.29, 0.717) is 16.8 Å². The van der Waals surface area contributed by atoms with Crippen LogP contribution in [-0.4, -0.2) is 17.0 Å². The largest absolute Gasteiger partial charge is 0.409 e. The summed E-state index contributed by atoms with van der Waals surface area (Å²) in [6.45, 7) is 0. The Morgan fingerprint density at radius 2 is 2.21 bits per heavy atom. The summed E-state index contributed by atoms with van der Waals surface area (Å²) in [5, 5.41) is 18.0. The van der Waals surface area contributed by atoms with Gasteiger partial charge in [-0.25, -0.2) is 0 Å². The number of hydrogen-bond donors (Lipinski definition) is 3. The number of carbonyl (C=O) groups excluding carboxylic acids is 1. The molecule has 2 rings (SSSR count). The van der Waals surface area contributed by atoms with Crippen molar-refractivity contribution in [1.82, 2.24) is 0 Å². The van der Waals surface area contributed by atoms with E-state index >= 15 is 0 Å². The van der Waals surface area contributed by atoms with Crippen LogP contribution in [0.25, 0.3) is 0 Å². The molecule has 1 amide bonds. The monoisotopic (exact) mass is 339 g/mol. The van der Waals surface area contributed by atoms with Crippen LogP contribution in [0.3, 0.4) is 0 Å². The van der Waals surface area contributed by atoms with Crippen LogP contribution < -0.4 is 11.1 Å². The Morgan fingerprint density at radius 3 is 2.84 bits per heavy atom. The fourth-order valence-corrected chi connectivity index (χ4v) is 2.48. The molecular weight excluding hydrogens is 330 g/mol. The van der Waals surface area contributed by atoms with E-state index in [0.717, 1.165) is 4.47 Å². The molecule has 0 aliphatic rings. The van der Waals surface area contributed by atoms with Gasteiger partial charge in [-0.15, -0.1) is 0 Å². The molecule has 1 aromatic carbocycles. The summed E-state index contributed by atoms with van der Waals surface area (Å²) < 4.78 is 0.766. The summed E-state index contributed by atoms with van der Waals surface area (Å²) in [5.74, 6) is -0.308. The molecule has 0 fully saturated rings. The second-order valence-corrected chi connectivity index (χ2v) is 5.34. The smallest absolute Gasteiger partial charge is 0.256 e. The van der Waals surface area contributed by atoms with Crippen LogP contribution in [0.2, 0.25) is 0 Å². The third kappa shape index (κ3) is 3.12. The van der Waals surface area contributed by atoms with Gasteiger partial charge in [-0.2, -0.15) is 11.3 Å². The van der Waals surface area contributed by atoms with Gasteiger partial charge in [0.2, 0.25) is 0 Å². The van der Waals surface area contributed by atoms with E-state index in [2.05, 4.69) is 26.4 Å². The van der Waals surface area contributed by atoms with Crippen molar-refractivity contribution in [1.29, 1.82) is 0 Å². The molecule has 1 heterocycles. The van der Waals surface area contributed by atoms with Gasteiger partial charge in [-0.1, -0.05) is 21.1 Å². The number of carbonyl (C=O) groups is 1. The van der Waals surface area contributed by atoms with Gasteiger partial charge in [0, 0.05) is 15.4 Å². The topological polar surface area (TPSA) is 87.7 Å². The number of oxime groups is 1. The Morgan fingerprint density at radius 1 is 1.42 bits per heavy atom. The Balaban J connectivity index is 2.32. The average molecular weight is 340 g/mol. The van der Waals surface area contributed by atoms with E-state index in [1.54, 1.807) is 29.6 Å². The van der Waals surface area contributed by atoms with Crippen LogP contribution in [0.1, 0.15) is 15.9 Å². The minimum atomic E-state index is -0.240. The Bertz CT molecular complexity index is 626. The standard InChI is InChI=1S/C12H10BrN3O2S/c13-8-1-2-10(9(5-8)11(14)16-18)15-12(17)7-3-4-19-6-7/h1-6,18H,(H2,14,16)(H,15,17). The van der Waals surface area contributed by atoms with Gasteiger partial charge in [0.15, 0.2) is 5.84 Å². The minimum absolute atomic E-state index is 0.0677. The molecule has 4 N–H and O–H groups in total. The Labute approximate surface area is 121 Å². The summed E-state index contributed by atoms with van der Waals surface area (Å²) in [6.07, 6.45) is 0. The summed E-state index contributed by atoms with van der Waals surface area (Å²) in [4.78, 5) is 12.0. The van der Waals surface area contributed by atoms with Crippen LogP contribution in [0.4, 0.5) is 5.69 Å². The Hall–Kier alpha value is -1.86. The van der Waals surface area contributed by atoms with E-state index in [1.807, 2.05) is 5.38 Å². The van der Waals surface area contributed by atoms with Gasteiger partial charge in [-0.05, 0) is 29.6 Å². The number of thiophene rings is 1. The third-order valence-corrected chi connectivity index (χ3v) is 3.57. The van der Waals surface area contributed by atoms with Crippen molar-refractivity contribution >= 4 is 44.7 Å². The predicted molar refractivity (Wildman–Crippen MR) is 78.9 cm³/mol. The number of hydrogen-bond acceptors (Lipinski definition) is 4. The maximum Gasteiger partial charge on any atom is 0.256 e. The quantitative estimate of drug-likeness (QED) is 0.347. The van der Waals surface area contributed by atoms with Gasteiger partial charge >= 0.3 is 0 Å². The van der Waals surface area contributed by atoms with E-state index < -0.39 is 0 Å². The molecule has 0 unspecified atom stereocenters. The second kappa shape index (κ2) is 5.85. The van der Waals surface area contributed by atoms with Crippen LogP contribution in [0, 0.1) is 0 Å². The van der Waals surface area contributed by atoms with Crippen LogP contribution >= 0.6 is 27.3 Å². The van der Waals surface area contributed by atoms with Crippen molar-refractivity contribution in [2.24, 2.45) is 10.9 Å². The zero-order valence-electron chi connectivity index (χ0n) is 9.63. The first-order chi connectivity index (χ1) is 9.11. The molecule has 0 spiro atoms. The summed E-state index contributed by atoms with van der Waals surface area (Å²) in [5.41, 5.74) is 7.08. The number of amides is 1. The van der Waals surface area contributed by atoms with Gasteiger partial charge in [0.1, 0.15) is 0 Å². The molecule has 0 saturated carbocycles. The molecule has 0 atom stereocenters. The molecule has 1 aromatic heterocycles. The van der Waals surface area contributed by atoms with Gasteiger partial charge in [0.25, 0.3) is 5.91 Å². The van der Waals surface area contributed by atoms with Gasteiger partial charge in [-0.3, -0.25) is 4.79 Å². The molecule has 98 valence electrons. The number of nitrogens with two attached hydrogens (primary N) is 1. The molecule has 0 saturated heterocycles. The number of amidine groups is 1. The SMILES string of the molecule is N/C(=N/O)c1cc(Br)ccc1NC(=O)c1ccsc1. The van der Waals surface area contributed by atoms with Crippen LogP contribution in [0.5, 0.6) is 0 Å². The van der Waals surface area contributed by atoms with Gasteiger partial charge < -0.3 is 16.3 Å². The zero-order valence-corrected chi connectivity index (χ0v) is 12.0. The fraction of sp³-hybridized carbons (Fsp3) is 0. The maximum absolute atomic E-state index is 12.0. The summed E-state index contributed by atoms with van der Waals surface area (Å²) in [6, 6.07) is 6.83. The lowest BCUT2D eigenvalue weighted by Crippen LogP contribution is -2.19. The molecule has 0 aliphatic carbocycles. The van der Waals surface area contributed by atoms with E-state index in [4.69, 9.17) is 10.9 Å². The summed E-state index contributed by atoms with van der Waals surface area (Å²) in [7, 11) is 0. The highest BCUT2D eigenvalue weighted by atomic mass is 79.9. The highest BCUT2D eigenvalue weighted by Crippen LogP contribution is 2.22. The molecule has 0 bridgehead atoms. The first kappa shape index (κ1) is 13.6. The minimum Gasteiger partial charge on any atom is -0.409 e. The first-order valence-corrected chi connectivity index (χ1v) is 6.96. The summed E-state index contributed by atoms with van der Waals surface area (Å²) >= 11 is 4.73. The molecular formula is C12H10BrN3O2S. The molecule has 0 radical (unpaired) electrons. The lowest BCUT2D eigenvalue weighted by Gasteiger charge is -2.10. The predicted octanol–water partition coefficient (Wildman–Crippen LogP) is 2.86. The van der Waals surface area contributed by atoms with Crippen molar-refractivity contribution in [3.05, 3.63) is 50.6 Å². The number of nitrogens with zero attached hydrogens (tertiary/aromatic N) is 1. The Kier molecular flexibility index (Phi) is 4.18. The van der Waals surface area contributed by atoms with Crippen molar-refractivity contribution in [2.75, 3.05) is 5.32 Å². The van der Waals surface area contributed by atoms with E-state index in [1.165, 1.54) is 11.3 Å². The maximum atomic E-state index is 12.0. The highest BCUT2D eigenvalue weighted by molar-refractivity contribution is 9.10. The lowest BCUT2D eigenvalue weighted by atomic mass is 10.1. The average Bonchev–Trinajstić information content (AvgIpc) is 2.94. The van der Waals surface area contributed by atoms with E-state index in [-0.39, 0.29) is 11.7 Å². The first-order valence-electron chi connectivity index (χ1n) is 5.23. The van der Waals surface area contributed by atoms with Crippen LogP contribution in [-0.2, 0) is 0 Å². The third-order valence-electron chi connectivity index (χ3n) is 2.40. The molecule has 0 aliphatic heterocycles. The van der Waals surface area contributed by atoms with Crippen LogP contribution in [0.15, 0.2) is 44.7 Å². The lowest BCUT2D eigenvalue weighted by molar-refractivity contribution is 0.102. The molecule has 2 aromatic rings. The van der Waals surface area contributed by atoms with Crippen molar-refractivity contribution in [3.63, 3.8) is 0 Å². The number of anilines is 1. The second-order valence-electron chi connectivity index (χ2n) is 3.64. The van der Waals surface area contributed by atoms with Gasteiger partial charge in [0.05, 0.1) is 11.3 Å². The van der Waals surface area contributed by atoms with Crippen molar-refractivity contribution in [3.8, 4) is 0 Å². The zero-order chi connectivity index (χ0) is 13.8. The normalized spacial score (nSPS) is 11.3. The highest BCUT2D eigenvalue weighted by Gasteiger charge is 2.12. The fourth-order valence-electron chi connectivity index (χ4n) is 1.48. The molecule has 7 heteroatoms.